The molecule has 0 aliphatic rings. The summed E-state index contributed by atoms with van der Waals surface area (Å²) in [5.41, 5.74) is 3.64. The van der Waals surface area contributed by atoms with Gasteiger partial charge in [0, 0.05) is 5.56 Å². The maximum absolute atomic E-state index is 11.5. The van der Waals surface area contributed by atoms with Crippen LogP contribution in [0, 0.1) is 0 Å². The zero-order chi connectivity index (χ0) is 18.2. The van der Waals surface area contributed by atoms with E-state index in [0.29, 0.717) is 0 Å². The van der Waals surface area contributed by atoms with Gasteiger partial charge in [0.25, 0.3) is 0 Å². The number of rotatable bonds is 4. The molecule has 2 aromatic carbocycles. The van der Waals surface area contributed by atoms with Crippen LogP contribution in [0.2, 0.25) is 0 Å². The Kier molecular flexibility index (Phi) is 4.81. The Labute approximate surface area is 155 Å². The summed E-state index contributed by atoms with van der Waals surface area (Å²) >= 11 is 3.68. The van der Waals surface area contributed by atoms with E-state index in [1.807, 2.05) is 35.0 Å². The lowest BCUT2D eigenvalue weighted by molar-refractivity contribution is 0.598. The van der Waals surface area contributed by atoms with Crippen LogP contribution in [0.3, 0.4) is 0 Å². The Morgan fingerprint density at radius 1 is 1.04 bits per heavy atom. The molecular formula is C18H18BrN3O2S. The van der Waals surface area contributed by atoms with Crippen molar-refractivity contribution in [1.29, 1.82) is 0 Å². The molecule has 0 radical (unpaired) electrons. The van der Waals surface area contributed by atoms with Crippen LogP contribution in [0.4, 0.5) is 0 Å². The van der Waals surface area contributed by atoms with E-state index >= 15 is 0 Å². The fourth-order valence-electron chi connectivity index (χ4n) is 2.59. The first-order valence-corrected chi connectivity index (χ1v) is 10.1. The van der Waals surface area contributed by atoms with E-state index in [1.165, 1.54) is 12.1 Å². The van der Waals surface area contributed by atoms with E-state index < -0.39 is 10.0 Å². The molecule has 0 fully saturated rings. The number of hydrogen-bond donors (Lipinski definition) is 1. The largest absolute Gasteiger partial charge is 0.238 e. The van der Waals surface area contributed by atoms with Crippen LogP contribution in [0.25, 0.3) is 16.9 Å². The standard InChI is InChI=1S/C18H18BrN3O2S/c1-12(2)17-16(19)18(13-6-4-3-5-7-13)22(21-17)14-8-10-15(11-9-14)25(20,23)24/h3-12H,1-2H3,(H2,20,23,24). The number of nitrogens with two attached hydrogens (primary N) is 1. The molecule has 0 saturated heterocycles. The van der Waals surface area contributed by atoms with Gasteiger partial charge in [-0.05, 0) is 46.1 Å². The van der Waals surface area contributed by atoms with Gasteiger partial charge in [-0.2, -0.15) is 5.10 Å². The summed E-state index contributed by atoms with van der Waals surface area (Å²) in [6.45, 7) is 4.16. The van der Waals surface area contributed by atoms with E-state index in [4.69, 9.17) is 10.2 Å². The minimum absolute atomic E-state index is 0.0767. The van der Waals surface area contributed by atoms with Crippen molar-refractivity contribution in [2.75, 3.05) is 0 Å². The third-order valence-electron chi connectivity index (χ3n) is 3.86. The zero-order valence-electron chi connectivity index (χ0n) is 13.8. The molecule has 0 atom stereocenters. The van der Waals surface area contributed by atoms with Gasteiger partial charge >= 0.3 is 0 Å². The number of hydrogen-bond acceptors (Lipinski definition) is 3. The summed E-state index contributed by atoms with van der Waals surface area (Å²) in [6.07, 6.45) is 0. The molecule has 0 saturated carbocycles. The second kappa shape index (κ2) is 6.74. The number of halogens is 1. The fraction of sp³-hybridized carbons (Fsp3) is 0.167. The van der Waals surface area contributed by atoms with E-state index in [2.05, 4.69) is 29.8 Å². The van der Waals surface area contributed by atoms with Crippen molar-refractivity contribution < 1.29 is 8.42 Å². The van der Waals surface area contributed by atoms with Crippen molar-refractivity contribution in [1.82, 2.24) is 9.78 Å². The van der Waals surface area contributed by atoms with Crippen molar-refractivity contribution in [2.24, 2.45) is 5.14 Å². The van der Waals surface area contributed by atoms with Gasteiger partial charge in [0.05, 0.1) is 26.4 Å². The molecule has 0 bridgehead atoms. The molecule has 1 aromatic heterocycles. The van der Waals surface area contributed by atoms with Crippen LogP contribution in [0.5, 0.6) is 0 Å². The summed E-state index contributed by atoms with van der Waals surface area (Å²) in [5.74, 6) is 0.238. The average molecular weight is 420 g/mol. The molecule has 0 unspecified atom stereocenters. The van der Waals surface area contributed by atoms with Gasteiger partial charge in [-0.1, -0.05) is 44.2 Å². The number of sulfonamides is 1. The second-order valence-electron chi connectivity index (χ2n) is 6.02. The molecule has 1 heterocycles. The van der Waals surface area contributed by atoms with Crippen LogP contribution in [-0.2, 0) is 10.0 Å². The molecule has 3 rings (SSSR count). The van der Waals surface area contributed by atoms with Gasteiger partial charge in [0.2, 0.25) is 10.0 Å². The van der Waals surface area contributed by atoms with Crippen molar-refractivity contribution in [3.8, 4) is 16.9 Å². The van der Waals surface area contributed by atoms with E-state index in [9.17, 15) is 8.42 Å². The number of aromatic nitrogens is 2. The third kappa shape index (κ3) is 3.53. The Morgan fingerprint density at radius 3 is 2.16 bits per heavy atom. The normalized spacial score (nSPS) is 11.9. The molecule has 25 heavy (non-hydrogen) atoms. The Hall–Kier alpha value is -1.96. The summed E-state index contributed by atoms with van der Waals surface area (Å²) in [7, 11) is -3.72. The molecular weight excluding hydrogens is 402 g/mol. The van der Waals surface area contributed by atoms with Gasteiger partial charge in [0.1, 0.15) is 0 Å². The highest BCUT2D eigenvalue weighted by Gasteiger charge is 2.20. The summed E-state index contributed by atoms with van der Waals surface area (Å²) in [5, 5.41) is 9.91. The lowest BCUT2D eigenvalue weighted by Gasteiger charge is -2.09. The van der Waals surface area contributed by atoms with Crippen LogP contribution >= 0.6 is 15.9 Å². The predicted octanol–water partition coefficient (Wildman–Crippen LogP) is 4.07. The first-order chi connectivity index (χ1) is 11.8. The summed E-state index contributed by atoms with van der Waals surface area (Å²) < 4.78 is 25.7. The summed E-state index contributed by atoms with van der Waals surface area (Å²) in [4.78, 5) is 0.0767. The van der Waals surface area contributed by atoms with Gasteiger partial charge in [-0.25, -0.2) is 18.2 Å². The van der Waals surface area contributed by atoms with Crippen molar-refractivity contribution in [2.45, 2.75) is 24.7 Å². The van der Waals surface area contributed by atoms with Crippen molar-refractivity contribution in [3.63, 3.8) is 0 Å². The van der Waals surface area contributed by atoms with Crippen molar-refractivity contribution in [3.05, 3.63) is 64.8 Å². The molecule has 0 aliphatic heterocycles. The second-order valence-corrected chi connectivity index (χ2v) is 8.37. The molecule has 5 nitrogen and oxygen atoms in total. The molecule has 3 aromatic rings. The van der Waals surface area contributed by atoms with E-state index in [1.54, 1.807) is 12.1 Å². The number of primary sulfonamides is 1. The van der Waals surface area contributed by atoms with Gasteiger partial charge in [-0.15, -0.1) is 0 Å². The first-order valence-electron chi connectivity index (χ1n) is 7.76. The maximum atomic E-state index is 11.5. The Morgan fingerprint density at radius 2 is 1.64 bits per heavy atom. The van der Waals surface area contributed by atoms with Gasteiger partial charge in [0.15, 0.2) is 0 Å². The lowest BCUT2D eigenvalue weighted by atomic mass is 10.1. The SMILES string of the molecule is CC(C)c1nn(-c2ccc(S(N)(=O)=O)cc2)c(-c2ccccc2)c1Br. The molecule has 0 amide bonds. The molecule has 0 aliphatic carbocycles. The first kappa shape index (κ1) is 17.8. The van der Waals surface area contributed by atoms with E-state index in [-0.39, 0.29) is 10.8 Å². The number of nitrogens with zero attached hydrogens (tertiary/aromatic N) is 2. The van der Waals surface area contributed by atoms with Crippen molar-refractivity contribution >= 4 is 26.0 Å². The minimum Gasteiger partial charge on any atom is -0.232 e. The lowest BCUT2D eigenvalue weighted by Crippen LogP contribution is -2.12. The predicted molar refractivity (Wildman–Crippen MR) is 102 cm³/mol. The molecule has 7 heteroatoms. The molecule has 2 N–H and O–H groups in total. The summed E-state index contributed by atoms with van der Waals surface area (Å²) in [6, 6.07) is 16.3. The molecule has 0 spiro atoms. The highest BCUT2D eigenvalue weighted by Crippen LogP contribution is 2.36. The van der Waals surface area contributed by atoms with E-state index in [0.717, 1.165) is 27.1 Å². The zero-order valence-corrected chi connectivity index (χ0v) is 16.3. The monoisotopic (exact) mass is 419 g/mol. The fourth-order valence-corrected chi connectivity index (χ4v) is 4.04. The highest BCUT2D eigenvalue weighted by atomic mass is 79.9. The quantitative estimate of drug-likeness (QED) is 0.691. The maximum Gasteiger partial charge on any atom is 0.238 e. The Balaban J connectivity index is 2.20. The van der Waals surface area contributed by atoms with Crippen LogP contribution < -0.4 is 5.14 Å². The number of benzene rings is 2. The van der Waals surface area contributed by atoms with Crippen LogP contribution in [0.1, 0.15) is 25.5 Å². The van der Waals surface area contributed by atoms with Gasteiger partial charge in [-0.3, -0.25) is 0 Å². The average Bonchev–Trinajstić information content (AvgIpc) is 2.92. The van der Waals surface area contributed by atoms with Gasteiger partial charge < -0.3 is 0 Å². The van der Waals surface area contributed by atoms with Crippen LogP contribution in [0.15, 0.2) is 64.0 Å². The smallest absolute Gasteiger partial charge is 0.232 e. The Bertz CT molecular complexity index is 995. The highest BCUT2D eigenvalue weighted by molar-refractivity contribution is 9.10. The topological polar surface area (TPSA) is 78.0 Å². The minimum atomic E-state index is -3.72. The third-order valence-corrected chi connectivity index (χ3v) is 5.57. The molecule has 130 valence electrons. The van der Waals surface area contributed by atoms with Crippen LogP contribution in [-0.4, -0.2) is 18.2 Å².